The zero-order valence-corrected chi connectivity index (χ0v) is 13.5. The van der Waals surface area contributed by atoms with Gasteiger partial charge in [-0.3, -0.25) is 9.59 Å². The van der Waals surface area contributed by atoms with E-state index in [4.69, 9.17) is 11.6 Å². The van der Waals surface area contributed by atoms with Gasteiger partial charge in [0.2, 0.25) is 0 Å². The van der Waals surface area contributed by atoms with Crippen molar-refractivity contribution in [2.75, 3.05) is 11.9 Å². The third-order valence-electron chi connectivity index (χ3n) is 3.67. The van der Waals surface area contributed by atoms with Crippen molar-refractivity contribution in [3.63, 3.8) is 0 Å². The molecular weight excluding hydrogens is 311 g/mol. The molecule has 3 N–H and O–H groups in total. The van der Waals surface area contributed by atoms with Crippen LogP contribution >= 0.6 is 11.6 Å². The van der Waals surface area contributed by atoms with Crippen LogP contribution in [0.3, 0.4) is 0 Å². The number of benzene rings is 1. The Labute approximate surface area is 133 Å². The van der Waals surface area contributed by atoms with Gasteiger partial charge in [-0.25, -0.2) is 4.39 Å². The number of amides is 2. The second-order valence-electron chi connectivity index (χ2n) is 5.43. The highest BCUT2D eigenvalue weighted by molar-refractivity contribution is 6.41. The molecule has 22 heavy (non-hydrogen) atoms. The van der Waals surface area contributed by atoms with Gasteiger partial charge in [0.05, 0.1) is 16.3 Å². The maximum atomic E-state index is 12.9. The number of anilines is 1. The maximum absolute atomic E-state index is 12.9. The van der Waals surface area contributed by atoms with Crippen LogP contribution in [0.25, 0.3) is 0 Å². The Morgan fingerprint density at radius 2 is 2.05 bits per heavy atom. The molecule has 0 heterocycles. The Hall–Kier alpha value is -1.66. The van der Waals surface area contributed by atoms with E-state index in [2.05, 4.69) is 10.6 Å². The SMILES string of the molecule is CC[C@H](C)[C@@](C)(O)CNC(=O)C(=O)Nc1ccc(F)cc1Cl. The molecule has 0 aliphatic heterocycles. The lowest BCUT2D eigenvalue weighted by Gasteiger charge is -2.29. The number of hydrogen-bond donors (Lipinski definition) is 3. The Balaban J connectivity index is 2.61. The summed E-state index contributed by atoms with van der Waals surface area (Å²) >= 11 is 5.76. The molecule has 0 fully saturated rings. The number of rotatable bonds is 5. The largest absolute Gasteiger partial charge is 0.388 e. The second-order valence-corrected chi connectivity index (χ2v) is 5.83. The molecule has 0 radical (unpaired) electrons. The van der Waals surface area contributed by atoms with Gasteiger partial charge in [-0.15, -0.1) is 0 Å². The number of hydrogen-bond acceptors (Lipinski definition) is 3. The normalized spacial score (nSPS) is 14.8. The van der Waals surface area contributed by atoms with E-state index in [9.17, 15) is 19.1 Å². The number of halogens is 2. The van der Waals surface area contributed by atoms with Crippen LogP contribution in [0.15, 0.2) is 18.2 Å². The molecule has 0 aromatic heterocycles. The average molecular weight is 331 g/mol. The standard InChI is InChI=1S/C15H20ClFN2O3/c1-4-9(2)15(3,22)8-18-13(20)14(21)19-12-6-5-10(17)7-11(12)16/h5-7,9,22H,4,8H2,1-3H3,(H,18,20)(H,19,21)/t9-,15-/m0/s1. The topological polar surface area (TPSA) is 78.4 Å². The van der Waals surface area contributed by atoms with Crippen molar-refractivity contribution in [2.45, 2.75) is 32.8 Å². The second kappa shape index (κ2) is 7.56. The number of nitrogens with one attached hydrogen (secondary N) is 2. The highest BCUT2D eigenvalue weighted by atomic mass is 35.5. The van der Waals surface area contributed by atoms with Crippen molar-refractivity contribution in [3.8, 4) is 0 Å². The lowest BCUT2D eigenvalue weighted by Crippen LogP contribution is -2.47. The molecule has 5 nitrogen and oxygen atoms in total. The molecule has 0 bridgehead atoms. The summed E-state index contributed by atoms with van der Waals surface area (Å²) in [5.74, 6) is -2.42. The molecule has 0 unspecified atom stereocenters. The van der Waals surface area contributed by atoms with Crippen molar-refractivity contribution in [1.82, 2.24) is 5.32 Å². The lowest BCUT2D eigenvalue weighted by molar-refractivity contribution is -0.137. The first-order valence-electron chi connectivity index (χ1n) is 6.94. The highest BCUT2D eigenvalue weighted by Gasteiger charge is 2.28. The van der Waals surface area contributed by atoms with Crippen LogP contribution in [-0.4, -0.2) is 29.1 Å². The summed E-state index contributed by atoms with van der Waals surface area (Å²) in [6.45, 7) is 5.32. The van der Waals surface area contributed by atoms with Gasteiger partial charge in [-0.1, -0.05) is 31.9 Å². The fraction of sp³-hybridized carbons (Fsp3) is 0.467. The van der Waals surface area contributed by atoms with Gasteiger partial charge in [-0.2, -0.15) is 0 Å². The Morgan fingerprint density at radius 1 is 1.41 bits per heavy atom. The minimum Gasteiger partial charge on any atom is -0.388 e. The molecule has 0 saturated carbocycles. The fourth-order valence-electron chi connectivity index (χ4n) is 1.72. The van der Waals surface area contributed by atoms with Gasteiger partial charge in [0.25, 0.3) is 0 Å². The van der Waals surface area contributed by atoms with E-state index in [1.807, 2.05) is 13.8 Å². The maximum Gasteiger partial charge on any atom is 0.313 e. The van der Waals surface area contributed by atoms with E-state index in [-0.39, 0.29) is 23.2 Å². The number of aliphatic hydroxyl groups is 1. The molecule has 1 aromatic carbocycles. The van der Waals surface area contributed by atoms with Crippen molar-refractivity contribution in [1.29, 1.82) is 0 Å². The van der Waals surface area contributed by atoms with E-state index >= 15 is 0 Å². The third-order valence-corrected chi connectivity index (χ3v) is 3.98. The summed E-state index contributed by atoms with van der Waals surface area (Å²) in [6, 6.07) is 3.41. The predicted molar refractivity (Wildman–Crippen MR) is 83.1 cm³/mol. The molecule has 2 atom stereocenters. The first-order chi connectivity index (χ1) is 10.2. The van der Waals surface area contributed by atoms with E-state index in [0.717, 1.165) is 18.6 Å². The molecule has 1 rings (SSSR count). The monoisotopic (exact) mass is 330 g/mol. The highest BCUT2D eigenvalue weighted by Crippen LogP contribution is 2.22. The summed E-state index contributed by atoms with van der Waals surface area (Å²) in [5, 5.41) is 14.8. The van der Waals surface area contributed by atoms with Crippen LogP contribution in [0, 0.1) is 11.7 Å². The summed E-state index contributed by atoms with van der Waals surface area (Å²) in [7, 11) is 0. The van der Waals surface area contributed by atoms with Crippen molar-refractivity contribution in [2.24, 2.45) is 5.92 Å². The van der Waals surface area contributed by atoms with Gasteiger partial charge in [0.1, 0.15) is 5.82 Å². The molecule has 2 amide bonds. The van der Waals surface area contributed by atoms with Crippen LogP contribution in [0.4, 0.5) is 10.1 Å². The Kier molecular flexibility index (Phi) is 6.32. The van der Waals surface area contributed by atoms with Crippen LogP contribution in [0.5, 0.6) is 0 Å². The summed E-state index contributed by atoms with van der Waals surface area (Å²) < 4.78 is 12.9. The average Bonchev–Trinajstić information content (AvgIpc) is 2.46. The zero-order chi connectivity index (χ0) is 16.9. The Morgan fingerprint density at radius 3 is 2.59 bits per heavy atom. The van der Waals surface area contributed by atoms with Gasteiger partial charge in [-0.05, 0) is 31.0 Å². The quantitative estimate of drug-likeness (QED) is 0.725. The van der Waals surface area contributed by atoms with Crippen molar-refractivity contribution >= 4 is 29.1 Å². The predicted octanol–water partition coefficient (Wildman–Crippen LogP) is 2.33. The minimum absolute atomic E-state index is 0.00671. The summed E-state index contributed by atoms with van der Waals surface area (Å²) in [5.41, 5.74) is -0.977. The smallest absolute Gasteiger partial charge is 0.313 e. The van der Waals surface area contributed by atoms with E-state index in [1.54, 1.807) is 6.92 Å². The zero-order valence-electron chi connectivity index (χ0n) is 12.7. The van der Waals surface area contributed by atoms with Crippen LogP contribution in [0.2, 0.25) is 5.02 Å². The van der Waals surface area contributed by atoms with Gasteiger partial charge in [0, 0.05) is 6.54 Å². The van der Waals surface area contributed by atoms with Gasteiger partial charge >= 0.3 is 11.8 Å². The Bertz CT molecular complexity index is 564. The van der Waals surface area contributed by atoms with Crippen LogP contribution in [-0.2, 0) is 9.59 Å². The number of carbonyl (C=O) groups is 2. The van der Waals surface area contributed by atoms with Crippen LogP contribution < -0.4 is 10.6 Å². The third kappa shape index (κ3) is 4.96. The van der Waals surface area contributed by atoms with E-state index < -0.39 is 23.2 Å². The molecule has 0 aliphatic carbocycles. The molecule has 0 saturated heterocycles. The molecular formula is C15H20ClFN2O3. The van der Waals surface area contributed by atoms with Crippen molar-refractivity contribution < 1.29 is 19.1 Å². The molecule has 0 aliphatic rings. The summed E-state index contributed by atoms with van der Waals surface area (Å²) in [4.78, 5) is 23.5. The first kappa shape index (κ1) is 18.4. The molecule has 122 valence electrons. The van der Waals surface area contributed by atoms with Gasteiger partial charge < -0.3 is 15.7 Å². The molecule has 1 aromatic rings. The lowest BCUT2D eigenvalue weighted by atomic mass is 9.89. The van der Waals surface area contributed by atoms with Crippen LogP contribution in [0.1, 0.15) is 27.2 Å². The van der Waals surface area contributed by atoms with E-state index in [0.29, 0.717) is 0 Å². The van der Waals surface area contributed by atoms with Gasteiger partial charge in [0.15, 0.2) is 0 Å². The first-order valence-corrected chi connectivity index (χ1v) is 7.31. The molecule has 0 spiro atoms. The van der Waals surface area contributed by atoms with E-state index in [1.165, 1.54) is 6.07 Å². The summed E-state index contributed by atoms with van der Waals surface area (Å²) in [6.07, 6.45) is 0.736. The number of carbonyl (C=O) groups excluding carboxylic acids is 2. The van der Waals surface area contributed by atoms with Crippen molar-refractivity contribution in [3.05, 3.63) is 29.0 Å². The fourth-order valence-corrected chi connectivity index (χ4v) is 1.94. The minimum atomic E-state index is -1.11. The molecule has 7 heteroatoms.